The van der Waals surface area contributed by atoms with Crippen molar-refractivity contribution in [3.8, 4) is 11.5 Å². The van der Waals surface area contributed by atoms with E-state index < -0.39 is 0 Å². The Morgan fingerprint density at radius 2 is 1.76 bits per heavy atom. The van der Waals surface area contributed by atoms with E-state index in [2.05, 4.69) is 10.3 Å². The molecule has 0 fully saturated rings. The van der Waals surface area contributed by atoms with Crippen molar-refractivity contribution in [2.24, 2.45) is 0 Å². The maximum atomic E-state index is 12.3. The number of benzene rings is 2. The predicted octanol–water partition coefficient (Wildman–Crippen LogP) is 3.23. The molecule has 2 N–H and O–H groups in total. The maximum absolute atomic E-state index is 12.3. The number of hydrogen-bond acceptors (Lipinski definition) is 4. The van der Waals surface area contributed by atoms with Crippen molar-refractivity contribution >= 4 is 10.9 Å². The zero-order chi connectivity index (χ0) is 17.6. The minimum atomic E-state index is -0.0802. The number of H-pyrrole nitrogens is 1. The summed E-state index contributed by atoms with van der Waals surface area (Å²) in [5.41, 5.74) is 2.56. The largest absolute Gasteiger partial charge is 0.497 e. The summed E-state index contributed by atoms with van der Waals surface area (Å²) in [6, 6.07) is 15.5. The van der Waals surface area contributed by atoms with Gasteiger partial charge in [-0.15, -0.1) is 0 Å². The topological polar surface area (TPSA) is 63.4 Å². The summed E-state index contributed by atoms with van der Waals surface area (Å²) in [4.78, 5) is 15.2. The highest BCUT2D eigenvalue weighted by atomic mass is 16.5. The minimum Gasteiger partial charge on any atom is -0.497 e. The monoisotopic (exact) mass is 338 g/mol. The molecule has 130 valence electrons. The molecule has 1 aromatic heterocycles. The van der Waals surface area contributed by atoms with Gasteiger partial charge in [-0.05, 0) is 48.2 Å². The lowest BCUT2D eigenvalue weighted by Gasteiger charge is -2.08. The molecule has 0 saturated carbocycles. The Balaban J connectivity index is 1.69. The van der Waals surface area contributed by atoms with Gasteiger partial charge in [0.15, 0.2) is 0 Å². The van der Waals surface area contributed by atoms with Crippen LogP contribution >= 0.6 is 0 Å². The van der Waals surface area contributed by atoms with E-state index >= 15 is 0 Å². The lowest BCUT2D eigenvalue weighted by atomic mass is 10.1. The Kier molecular flexibility index (Phi) is 5.36. The summed E-state index contributed by atoms with van der Waals surface area (Å²) < 4.78 is 10.6. The summed E-state index contributed by atoms with van der Waals surface area (Å²) in [6.45, 7) is 3.73. The van der Waals surface area contributed by atoms with Gasteiger partial charge in [0.2, 0.25) is 0 Å². The highest BCUT2D eigenvalue weighted by Gasteiger charge is 2.04. The molecule has 3 rings (SSSR count). The van der Waals surface area contributed by atoms with Crippen LogP contribution < -0.4 is 20.3 Å². The lowest BCUT2D eigenvalue weighted by molar-refractivity contribution is 0.340. The third-order valence-corrected chi connectivity index (χ3v) is 4.01. The number of methoxy groups -OCH3 is 1. The molecule has 5 nitrogen and oxygen atoms in total. The number of rotatable bonds is 7. The Labute approximate surface area is 146 Å². The number of fused-ring (bicyclic) bond motifs is 1. The van der Waals surface area contributed by atoms with Crippen LogP contribution in [0.25, 0.3) is 10.9 Å². The van der Waals surface area contributed by atoms with Crippen LogP contribution in [-0.2, 0) is 13.1 Å². The summed E-state index contributed by atoms with van der Waals surface area (Å²) in [6.07, 6.45) is 0. The second kappa shape index (κ2) is 7.85. The van der Waals surface area contributed by atoms with Gasteiger partial charge in [-0.25, -0.2) is 0 Å². The first kappa shape index (κ1) is 17.0. The zero-order valence-electron chi connectivity index (χ0n) is 14.5. The molecule has 0 aliphatic carbocycles. The third-order valence-electron chi connectivity index (χ3n) is 4.01. The first-order chi connectivity index (χ1) is 12.2. The molecule has 0 aliphatic heterocycles. The van der Waals surface area contributed by atoms with Gasteiger partial charge < -0.3 is 19.8 Å². The fraction of sp³-hybridized carbons (Fsp3) is 0.250. The summed E-state index contributed by atoms with van der Waals surface area (Å²) in [5, 5.41) is 4.30. The third kappa shape index (κ3) is 4.19. The molecule has 0 radical (unpaired) electrons. The van der Waals surface area contributed by atoms with Crippen LogP contribution in [0, 0.1) is 0 Å². The Morgan fingerprint density at radius 3 is 2.48 bits per heavy atom. The molecule has 0 bridgehead atoms. The number of hydrogen-bond donors (Lipinski definition) is 2. The van der Waals surface area contributed by atoms with Gasteiger partial charge in [0.1, 0.15) is 11.5 Å². The van der Waals surface area contributed by atoms with Crippen molar-refractivity contribution in [1.82, 2.24) is 10.3 Å². The van der Waals surface area contributed by atoms with Crippen molar-refractivity contribution in [3.05, 3.63) is 70.0 Å². The molecule has 0 unspecified atom stereocenters. The minimum absolute atomic E-state index is 0.0802. The quantitative estimate of drug-likeness (QED) is 0.694. The number of ether oxygens (including phenoxy) is 2. The Bertz CT molecular complexity index is 901. The summed E-state index contributed by atoms with van der Waals surface area (Å²) in [7, 11) is 1.65. The number of aromatic amines is 1. The van der Waals surface area contributed by atoms with Crippen LogP contribution in [0.5, 0.6) is 11.5 Å². The molecule has 25 heavy (non-hydrogen) atoms. The standard InChI is InChI=1S/C20H22N2O3/c1-3-25-18-9-6-15-10-16(20(23)22-19(15)11-18)13-21-12-14-4-7-17(24-2)8-5-14/h4-11,21H,3,12-13H2,1-2H3,(H,22,23). The molecular formula is C20H22N2O3. The molecule has 0 spiro atoms. The van der Waals surface area contributed by atoms with E-state index in [0.717, 1.165) is 28.0 Å². The van der Waals surface area contributed by atoms with Gasteiger partial charge in [-0.1, -0.05) is 12.1 Å². The van der Waals surface area contributed by atoms with Crippen molar-refractivity contribution in [1.29, 1.82) is 0 Å². The number of nitrogens with one attached hydrogen (secondary N) is 2. The smallest absolute Gasteiger partial charge is 0.252 e. The van der Waals surface area contributed by atoms with E-state index in [-0.39, 0.29) is 5.56 Å². The Morgan fingerprint density at radius 1 is 1.00 bits per heavy atom. The highest BCUT2D eigenvalue weighted by Crippen LogP contribution is 2.19. The van der Waals surface area contributed by atoms with Crippen LogP contribution in [0.15, 0.2) is 53.3 Å². The van der Waals surface area contributed by atoms with E-state index in [4.69, 9.17) is 9.47 Å². The highest BCUT2D eigenvalue weighted by molar-refractivity contribution is 5.80. The lowest BCUT2D eigenvalue weighted by Crippen LogP contribution is -2.20. The first-order valence-corrected chi connectivity index (χ1v) is 8.32. The second-order valence-corrected chi connectivity index (χ2v) is 5.76. The zero-order valence-corrected chi connectivity index (χ0v) is 14.5. The van der Waals surface area contributed by atoms with Gasteiger partial charge in [0.05, 0.1) is 19.2 Å². The average molecular weight is 338 g/mol. The molecule has 3 aromatic rings. The molecule has 5 heteroatoms. The second-order valence-electron chi connectivity index (χ2n) is 5.76. The maximum Gasteiger partial charge on any atom is 0.252 e. The van der Waals surface area contributed by atoms with Crippen LogP contribution in [0.1, 0.15) is 18.1 Å². The summed E-state index contributed by atoms with van der Waals surface area (Å²) >= 11 is 0. The van der Waals surface area contributed by atoms with Crippen LogP contribution in [0.4, 0.5) is 0 Å². The SMILES string of the molecule is CCOc1ccc2cc(CNCc3ccc(OC)cc3)c(=O)[nH]c2c1. The van der Waals surface area contributed by atoms with Crippen LogP contribution in [0.2, 0.25) is 0 Å². The number of pyridine rings is 1. The van der Waals surface area contributed by atoms with Crippen molar-refractivity contribution in [2.45, 2.75) is 20.0 Å². The van der Waals surface area contributed by atoms with E-state index in [1.807, 2.05) is 55.5 Å². The Hall–Kier alpha value is -2.79. The van der Waals surface area contributed by atoms with Crippen molar-refractivity contribution < 1.29 is 9.47 Å². The number of aromatic nitrogens is 1. The van der Waals surface area contributed by atoms with E-state index in [0.29, 0.717) is 25.3 Å². The van der Waals surface area contributed by atoms with E-state index in [1.54, 1.807) is 7.11 Å². The molecule has 0 amide bonds. The molecule has 0 atom stereocenters. The van der Waals surface area contributed by atoms with Gasteiger partial charge in [-0.3, -0.25) is 4.79 Å². The van der Waals surface area contributed by atoms with Crippen LogP contribution in [0.3, 0.4) is 0 Å². The fourth-order valence-corrected chi connectivity index (χ4v) is 2.70. The van der Waals surface area contributed by atoms with Crippen LogP contribution in [-0.4, -0.2) is 18.7 Å². The van der Waals surface area contributed by atoms with Crippen molar-refractivity contribution in [2.75, 3.05) is 13.7 Å². The van der Waals surface area contributed by atoms with E-state index in [9.17, 15) is 4.79 Å². The van der Waals surface area contributed by atoms with Crippen molar-refractivity contribution in [3.63, 3.8) is 0 Å². The fourth-order valence-electron chi connectivity index (χ4n) is 2.70. The van der Waals surface area contributed by atoms with Gasteiger partial charge in [0, 0.05) is 24.7 Å². The molecule has 0 saturated heterocycles. The predicted molar refractivity (Wildman–Crippen MR) is 99.3 cm³/mol. The molecule has 2 aromatic carbocycles. The molecular weight excluding hydrogens is 316 g/mol. The summed E-state index contributed by atoms with van der Waals surface area (Å²) in [5.74, 6) is 1.59. The van der Waals surface area contributed by atoms with Gasteiger partial charge in [-0.2, -0.15) is 0 Å². The van der Waals surface area contributed by atoms with E-state index in [1.165, 1.54) is 0 Å². The van der Waals surface area contributed by atoms with Gasteiger partial charge in [0.25, 0.3) is 5.56 Å². The first-order valence-electron chi connectivity index (χ1n) is 8.32. The normalized spacial score (nSPS) is 10.8. The molecule has 0 aliphatic rings. The van der Waals surface area contributed by atoms with Gasteiger partial charge >= 0.3 is 0 Å². The average Bonchev–Trinajstić information content (AvgIpc) is 2.63. The molecule has 1 heterocycles.